The number of fused-ring (bicyclic) bond motifs is 1. The van der Waals surface area contributed by atoms with Crippen LogP contribution in [0.15, 0.2) is 30.5 Å². The number of amides is 1. The predicted molar refractivity (Wildman–Crippen MR) is 76.1 cm³/mol. The van der Waals surface area contributed by atoms with Crippen LogP contribution in [0.25, 0.3) is 11.3 Å². The van der Waals surface area contributed by atoms with Crippen molar-refractivity contribution in [3.8, 4) is 11.3 Å². The molecule has 0 radical (unpaired) electrons. The SMILES string of the molecule is CC(C)c1cnc(-c2cccc3c2CC(=O)N3)cc1F. The van der Waals surface area contributed by atoms with Crippen molar-refractivity contribution in [1.82, 2.24) is 4.98 Å². The number of hydrogen-bond donors (Lipinski definition) is 1. The number of aromatic nitrogens is 1. The fraction of sp³-hybridized carbons (Fsp3) is 0.250. The smallest absolute Gasteiger partial charge is 0.228 e. The van der Waals surface area contributed by atoms with Gasteiger partial charge >= 0.3 is 0 Å². The molecule has 1 aliphatic rings. The summed E-state index contributed by atoms with van der Waals surface area (Å²) >= 11 is 0. The second-order valence-corrected chi connectivity index (χ2v) is 5.30. The van der Waals surface area contributed by atoms with Crippen LogP contribution in [0.5, 0.6) is 0 Å². The summed E-state index contributed by atoms with van der Waals surface area (Å²) in [7, 11) is 0. The molecular weight excluding hydrogens is 255 g/mol. The summed E-state index contributed by atoms with van der Waals surface area (Å²) in [5.74, 6) is -0.187. The summed E-state index contributed by atoms with van der Waals surface area (Å²) in [6.45, 7) is 3.87. The number of carbonyl (C=O) groups excluding carboxylic acids is 1. The maximum absolute atomic E-state index is 14.1. The lowest BCUT2D eigenvalue weighted by molar-refractivity contribution is -0.115. The van der Waals surface area contributed by atoms with E-state index in [0.717, 1.165) is 16.8 Å². The fourth-order valence-electron chi connectivity index (χ4n) is 2.50. The average Bonchev–Trinajstić information content (AvgIpc) is 2.77. The molecule has 20 heavy (non-hydrogen) atoms. The van der Waals surface area contributed by atoms with E-state index in [1.165, 1.54) is 6.07 Å². The highest BCUT2D eigenvalue weighted by atomic mass is 19.1. The largest absolute Gasteiger partial charge is 0.326 e. The Balaban J connectivity index is 2.09. The lowest BCUT2D eigenvalue weighted by Crippen LogP contribution is -2.03. The van der Waals surface area contributed by atoms with Gasteiger partial charge in [0.15, 0.2) is 0 Å². The molecule has 3 nitrogen and oxygen atoms in total. The van der Waals surface area contributed by atoms with Gasteiger partial charge in [0.05, 0.1) is 12.1 Å². The topological polar surface area (TPSA) is 42.0 Å². The number of pyridine rings is 1. The number of nitrogens with one attached hydrogen (secondary N) is 1. The Morgan fingerprint density at radius 3 is 2.85 bits per heavy atom. The van der Waals surface area contributed by atoms with Crippen LogP contribution in [0.4, 0.5) is 10.1 Å². The van der Waals surface area contributed by atoms with E-state index in [-0.39, 0.29) is 17.6 Å². The van der Waals surface area contributed by atoms with Gasteiger partial charge in [-0.3, -0.25) is 9.78 Å². The van der Waals surface area contributed by atoms with Crippen LogP contribution in [0.1, 0.15) is 30.9 Å². The van der Waals surface area contributed by atoms with Gasteiger partial charge in [0.2, 0.25) is 5.91 Å². The van der Waals surface area contributed by atoms with Crippen molar-refractivity contribution in [3.05, 3.63) is 47.4 Å². The van der Waals surface area contributed by atoms with Crippen LogP contribution < -0.4 is 5.32 Å². The molecule has 0 unspecified atom stereocenters. The van der Waals surface area contributed by atoms with Crippen molar-refractivity contribution in [2.45, 2.75) is 26.2 Å². The molecule has 1 N–H and O–H groups in total. The lowest BCUT2D eigenvalue weighted by atomic mass is 9.99. The summed E-state index contributed by atoms with van der Waals surface area (Å²) in [4.78, 5) is 15.8. The van der Waals surface area contributed by atoms with Gasteiger partial charge in [0, 0.05) is 29.1 Å². The molecule has 1 aromatic heterocycles. The van der Waals surface area contributed by atoms with E-state index in [4.69, 9.17) is 0 Å². The fourth-order valence-corrected chi connectivity index (χ4v) is 2.50. The first kappa shape index (κ1) is 12.8. The lowest BCUT2D eigenvalue weighted by Gasteiger charge is -2.10. The number of rotatable bonds is 2. The highest BCUT2D eigenvalue weighted by molar-refractivity contribution is 6.01. The zero-order valence-corrected chi connectivity index (χ0v) is 11.4. The molecule has 1 aromatic carbocycles. The third kappa shape index (κ3) is 2.07. The molecule has 0 atom stereocenters. The molecule has 1 aliphatic heterocycles. The molecule has 0 bridgehead atoms. The van der Waals surface area contributed by atoms with Crippen LogP contribution in [0.2, 0.25) is 0 Å². The maximum atomic E-state index is 14.1. The maximum Gasteiger partial charge on any atom is 0.228 e. The minimum absolute atomic E-state index is 0.0354. The van der Waals surface area contributed by atoms with Gasteiger partial charge in [-0.15, -0.1) is 0 Å². The highest BCUT2D eigenvalue weighted by Crippen LogP contribution is 2.33. The Kier molecular flexibility index (Phi) is 3.01. The summed E-state index contributed by atoms with van der Waals surface area (Å²) in [5, 5.41) is 2.79. The Bertz CT molecular complexity index is 695. The van der Waals surface area contributed by atoms with Gasteiger partial charge in [0.1, 0.15) is 5.82 Å². The Hall–Kier alpha value is -2.23. The molecule has 0 fully saturated rings. The van der Waals surface area contributed by atoms with Gasteiger partial charge in [-0.2, -0.15) is 0 Å². The summed E-state index contributed by atoms with van der Waals surface area (Å²) in [5.41, 5.74) is 3.68. The molecule has 102 valence electrons. The Labute approximate surface area is 116 Å². The molecule has 4 heteroatoms. The van der Waals surface area contributed by atoms with Gasteiger partial charge < -0.3 is 5.32 Å². The highest BCUT2D eigenvalue weighted by Gasteiger charge is 2.22. The third-order valence-electron chi connectivity index (χ3n) is 3.57. The molecule has 1 amide bonds. The van der Waals surface area contributed by atoms with E-state index in [9.17, 15) is 9.18 Å². The van der Waals surface area contributed by atoms with E-state index < -0.39 is 0 Å². The van der Waals surface area contributed by atoms with Crippen molar-refractivity contribution in [2.24, 2.45) is 0 Å². The van der Waals surface area contributed by atoms with Crippen molar-refractivity contribution < 1.29 is 9.18 Å². The van der Waals surface area contributed by atoms with Crippen molar-refractivity contribution in [1.29, 1.82) is 0 Å². The van der Waals surface area contributed by atoms with Crippen molar-refractivity contribution in [3.63, 3.8) is 0 Å². The second kappa shape index (κ2) is 4.71. The zero-order valence-electron chi connectivity index (χ0n) is 11.4. The van der Waals surface area contributed by atoms with Crippen LogP contribution in [-0.4, -0.2) is 10.9 Å². The standard InChI is InChI=1S/C16H15FN2O/c1-9(2)12-8-18-15(7-13(12)17)10-4-3-5-14-11(10)6-16(20)19-14/h3-5,7-9H,6H2,1-2H3,(H,19,20). The molecule has 0 saturated carbocycles. The summed E-state index contributed by atoms with van der Waals surface area (Å²) < 4.78 is 14.1. The van der Waals surface area contributed by atoms with Crippen molar-refractivity contribution >= 4 is 11.6 Å². The molecular formula is C16H15FN2O. The molecule has 2 aromatic rings. The van der Waals surface area contributed by atoms with E-state index >= 15 is 0 Å². The van der Waals surface area contributed by atoms with Crippen LogP contribution in [0, 0.1) is 5.82 Å². The normalized spacial score (nSPS) is 13.5. The quantitative estimate of drug-likeness (QED) is 0.907. The molecule has 2 heterocycles. The number of halogens is 1. The van der Waals surface area contributed by atoms with E-state index in [1.807, 2.05) is 32.0 Å². The van der Waals surface area contributed by atoms with Crippen LogP contribution in [0.3, 0.4) is 0 Å². The first-order valence-electron chi connectivity index (χ1n) is 6.64. The minimum Gasteiger partial charge on any atom is -0.326 e. The van der Waals surface area contributed by atoms with Gasteiger partial charge in [-0.25, -0.2) is 4.39 Å². The van der Waals surface area contributed by atoms with Gasteiger partial charge in [0.25, 0.3) is 0 Å². The molecule has 3 rings (SSSR count). The molecule has 0 saturated heterocycles. The minimum atomic E-state index is -0.250. The van der Waals surface area contributed by atoms with Crippen LogP contribution >= 0.6 is 0 Å². The molecule has 0 aliphatic carbocycles. The number of benzene rings is 1. The van der Waals surface area contributed by atoms with E-state index in [0.29, 0.717) is 17.7 Å². The Morgan fingerprint density at radius 2 is 2.15 bits per heavy atom. The summed E-state index contributed by atoms with van der Waals surface area (Å²) in [6, 6.07) is 7.02. The number of anilines is 1. The number of hydrogen-bond acceptors (Lipinski definition) is 2. The second-order valence-electron chi connectivity index (χ2n) is 5.30. The first-order chi connectivity index (χ1) is 9.56. The van der Waals surface area contributed by atoms with Crippen LogP contribution in [-0.2, 0) is 11.2 Å². The predicted octanol–water partition coefficient (Wildman–Crippen LogP) is 3.51. The first-order valence-corrected chi connectivity index (χ1v) is 6.64. The van der Waals surface area contributed by atoms with Crippen molar-refractivity contribution in [2.75, 3.05) is 5.32 Å². The summed E-state index contributed by atoms with van der Waals surface area (Å²) in [6.07, 6.45) is 1.90. The Morgan fingerprint density at radius 1 is 1.35 bits per heavy atom. The monoisotopic (exact) mass is 270 g/mol. The van der Waals surface area contributed by atoms with E-state index in [1.54, 1.807) is 6.20 Å². The third-order valence-corrected chi connectivity index (χ3v) is 3.57. The average molecular weight is 270 g/mol. The number of carbonyl (C=O) groups is 1. The van der Waals surface area contributed by atoms with Gasteiger partial charge in [-0.1, -0.05) is 26.0 Å². The number of nitrogens with zero attached hydrogens (tertiary/aromatic N) is 1. The van der Waals surface area contributed by atoms with Gasteiger partial charge in [-0.05, 0) is 17.5 Å². The molecule has 0 spiro atoms. The van der Waals surface area contributed by atoms with E-state index in [2.05, 4.69) is 10.3 Å². The zero-order chi connectivity index (χ0) is 14.3.